The first kappa shape index (κ1) is 29.0. The van der Waals surface area contributed by atoms with E-state index in [9.17, 15) is 37.7 Å². The van der Waals surface area contributed by atoms with Gasteiger partial charge in [0.25, 0.3) is 33.4 Å². The van der Waals surface area contributed by atoms with E-state index in [0.717, 1.165) is 28.0 Å². The fourth-order valence-electron chi connectivity index (χ4n) is 4.44. The van der Waals surface area contributed by atoms with Crippen molar-refractivity contribution in [1.82, 2.24) is 9.80 Å². The Morgan fingerprint density at radius 3 is 2.42 bits per heavy atom. The second kappa shape index (κ2) is 10.9. The number of nitro benzene ring substituents is 1. The highest BCUT2D eigenvalue weighted by atomic mass is 32.2. The third kappa shape index (κ3) is 5.66. The minimum Gasteiger partial charge on any atom is -0.361 e. The molecule has 2 aliphatic rings. The molecule has 13 nitrogen and oxygen atoms in total. The molecule has 1 fully saturated rings. The summed E-state index contributed by atoms with van der Waals surface area (Å²) in [5.74, 6) is -2.99. The van der Waals surface area contributed by atoms with E-state index in [1.54, 1.807) is 0 Å². The number of benzene rings is 2. The number of anilines is 1. The molecule has 1 atom stereocenters. The van der Waals surface area contributed by atoms with Crippen molar-refractivity contribution >= 4 is 53.1 Å². The van der Waals surface area contributed by atoms with E-state index in [-0.39, 0.29) is 36.4 Å². The van der Waals surface area contributed by atoms with Crippen LogP contribution >= 0.6 is 0 Å². The van der Waals surface area contributed by atoms with Gasteiger partial charge in [0.05, 0.1) is 21.7 Å². The molecular weight excluding hydrogens is 560 g/mol. The molecule has 0 spiro atoms. The number of nitro groups is 1. The highest BCUT2D eigenvalue weighted by molar-refractivity contribution is 7.92. The predicted octanol–water partition coefficient (Wildman–Crippen LogP) is 2.82. The topological polar surface area (TPSA) is 173 Å². The summed E-state index contributed by atoms with van der Waals surface area (Å²) in [6.07, 6.45) is -0.190. The minimum atomic E-state index is -4.55. The van der Waals surface area contributed by atoms with Crippen molar-refractivity contribution in [3.63, 3.8) is 0 Å². The van der Waals surface area contributed by atoms with Crippen molar-refractivity contribution in [2.75, 3.05) is 18.1 Å². The summed E-state index contributed by atoms with van der Waals surface area (Å²) in [6, 6.07) is 8.11. The number of sulfonamides is 1. The van der Waals surface area contributed by atoms with Crippen LogP contribution in [0.4, 0.5) is 11.4 Å². The summed E-state index contributed by atoms with van der Waals surface area (Å²) < 4.78 is 33.9. The summed E-state index contributed by atoms with van der Waals surface area (Å²) in [4.78, 5) is 64.1. The number of amides is 4. The van der Waals surface area contributed by atoms with Crippen molar-refractivity contribution in [3.8, 4) is 0 Å². The van der Waals surface area contributed by atoms with Gasteiger partial charge in [-0.2, -0.15) is 0 Å². The number of nitrogens with one attached hydrogen (secondary N) is 1. The predicted molar refractivity (Wildman–Crippen MR) is 145 cm³/mol. The maximum atomic E-state index is 13.5. The van der Waals surface area contributed by atoms with Gasteiger partial charge < -0.3 is 4.74 Å². The van der Waals surface area contributed by atoms with Crippen LogP contribution in [0.5, 0.6) is 0 Å². The number of likely N-dealkylation sites (tertiary alicyclic amines) is 1. The van der Waals surface area contributed by atoms with Crippen molar-refractivity contribution in [1.29, 1.82) is 0 Å². The van der Waals surface area contributed by atoms with Gasteiger partial charge in [0, 0.05) is 27.2 Å². The molecule has 2 aliphatic heterocycles. The van der Waals surface area contributed by atoms with Crippen LogP contribution in [0.15, 0.2) is 47.4 Å². The molecule has 0 saturated carbocycles. The average molecular weight is 589 g/mol. The molecule has 1 saturated heterocycles. The van der Waals surface area contributed by atoms with Gasteiger partial charge in [-0.05, 0) is 30.7 Å². The van der Waals surface area contributed by atoms with Crippen molar-refractivity contribution < 1.29 is 37.3 Å². The number of imide groups is 2. The zero-order valence-electron chi connectivity index (χ0n) is 22.1. The number of ether oxygens (including phenoxy) is 1. The summed E-state index contributed by atoms with van der Waals surface area (Å²) in [7, 11) is -5.96. The highest BCUT2D eigenvalue weighted by Crippen LogP contribution is 2.35. The maximum absolute atomic E-state index is 13.5. The second-order valence-electron chi connectivity index (χ2n) is 10.6. The van der Waals surface area contributed by atoms with Crippen LogP contribution in [0.2, 0.25) is 25.7 Å². The zero-order valence-corrected chi connectivity index (χ0v) is 23.9. The lowest BCUT2D eigenvalue weighted by atomic mass is 10.0. The molecule has 2 aromatic rings. The van der Waals surface area contributed by atoms with E-state index in [2.05, 4.69) is 24.4 Å². The summed E-state index contributed by atoms with van der Waals surface area (Å²) >= 11 is 0. The SMILES string of the molecule is C[Si](C)(C)CCOCN1C(=O)CCC(N2C(=O)c3cccc(NS(=O)(=O)c4ccccc4[N+](=O)[O-])c3C2=O)C1=O. The molecule has 4 rings (SSSR count). The molecule has 40 heavy (non-hydrogen) atoms. The Hall–Kier alpha value is -3.95. The molecule has 0 aromatic heterocycles. The lowest BCUT2D eigenvalue weighted by Crippen LogP contribution is -2.56. The number of carbonyl (C=O) groups excluding carboxylic acids is 4. The first-order chi connectivity index (χ1) is 18.7. The maximum Gasteiger partial charge on any atom is 0.289 e. The smallest absolute Gasteiger partial charge is 0.289 e. The van der Waals surface area contributed by atoms with Crippen LogP contribution in [-0.2, 0) is 24.3 Å². The van der Waals surface area contributed by atoms with Gasteiger partial charge >= 0.3 is 0 Å². The lowest BCUT2D eigenvalue weighted by molar-refractivity contribution is -0.387. The van der Waals surface area contributed by atoms with Gasteiger partial charge in [-0.25, -0.2) is 8.42 Å². The van der Waals surface area contributed by atoms with Crippen LogP contribution in [0.1, 0.15) is 33.6 Å². The zero-order chi connectivity index (χ0) is 29.4. The Labute approximate surface area is 231 Å². The summed E-state index contributed by atoms with van der Waals surface area (Å²) in [5.41, 5.74) is -1.38. The monoisotopic (exact) mass is 588 g/mol. The van der Waals surface area contributed by atoms with E-state index in [1.807, 2.05) is 0 Å². The molecule has 1 unspecified atom stereocenters. The molecule has 1 N–H and O–H groups in total. The fraction of sp³-hybridized carbons (Fsp3) is 0.360. The molecule has 212 valence electrons. The highest BCUT2D eigenvalue weighted by Gasteiger charge is 2.48. The number of hydrogen-bond acceptors (Lipinski definition) is 9. The van der Waals surface area contributed by atoms with Crippen LogP contribution in [0.3, 0.4) is 0 Å². The Bertz CT molecular complexity index is 1520. The Morgan fingerprint density at radius 1 is 1.05 bits per heavy atom. The van der Waals surface area contributed by atoms with Gasteiger partial charge in [-0.1, -0.05) is 37.8 Å². The average Bonchev–Trinajstić information content (AvgIpc) is 3.13. The van der Waals surface area contributed by atoms with E-state index >= 15 is 0 Å². The first-order valence-corrected chi connectivity index (χ1v) is 17.6. The Kier molecular flexibility index (Phi) is 7.91. The quantitative estimate of drug-likeness (QED) is 0.144. The van der Waals surface area contributed by atoms with E-state index in [4.69, 9.17) is 4.74 Å². The van der Waals surface area contributed by atoms with Crippen LogP contribution in [-0.4, -0.2) is 74.2 Å². The number of rotatable bonds is 10. The van der Waals surface area contributed by atoms with Gasteiger partial charge in [0.15, 0.2) is 4.90 Å². The van der Waals surface area contributed by atoms with Crippen molar-refractivity contribution in [2.45, 2.75) is 49.5 Å². The molecule has 4 amide bonds. The van der Waals surface area contributed by atoms with E-state index < -0.39 is 63.3 Å². The Morgan fingerprint density at radius 2 is 1.75 bits per heavy atom. The van der Waals surface area contributed by atoms with Gasteiger partial charge in [-0.3, -0.25) is 43.8 Å². The minimum absolute atomic E-state index is 0.0915. The molecule has 2 heterocycles. The molecule has 0 bridgehead atoms. The number of carbonyl (C=O) groups is 4. The van der Waals surface area contributed by atoms with E-state index in [1.165, 1.54) is 30.3 Å². The number of hydrogen-bond donors (Lipinski definition) is 1. The molecule has 2 aromatic carbocycles. The standard InChI is InChI=1S/C25H28N4O9SSi/c1-40(2,3)14-13-38-15-27-21(30)12-11-19(24(27)32)28-23(31)16-7-6-8-17(22(16)25(28)33)26-39(36,37)20-10-5-4-9-18(20)29(34)35/h4-10,19,26H,11-15H2,1-3H3. The second-order valence-corrected chi connectivity index (χ2v) is 17.9. The number of nitrogens with zero attached hydrogens (tertiary/aromatic N) is 3. The Balaban J connectivity index is 1.59. The van der Waals surface area contributed by atoms with Gasteiger partial charge in [-0.15, -0.1) is 0 Å². The van der Waals surface area contributed by atoms with E-state index in [0.29, 0.717) is 6.61 Å². The third-order valence-electron chi connectivity index (χ3n) is 6.55. The molecular formula is C25H28N4O9SSi. The summed E-state index contributed by atoms with van der Waals surface area (Å²) in [5, 5.41) is 11.4. The van der Waals surface area contributed by atoms with Crippen LogP contribution in [0, 0.1) is 10.1 Å². The normalized spacial score (nSPS) is 17.8. The van der Waals surface area contributed by atoms with Gasteiger partial charge in [0.2, 0.25) is 5.91 Å². The summed E-state index contributed by atoms with van der Waals surface area (Å²) in [6.45, 7) is 6.51. The largest absolute Gasteiger partial charge is 0.361 e. The van der Waals surface area contributed by atoms with Crippen molar-refractivity contribution in [2.24, 2.45) is 0 Å². The lowest BCUT2D eigenvalue weighted by Gasteiger charge is -2.34. The number of para-hydroxylation sites is 1. The molecule has 15 heteroatoms. The van der Waals surface area contributed by atoms with Gasteiger partial charge in [0.1, 0.15) is 12.8 Å². The third-order valence-corrected chi connectivity index (χ3v) is 9.67. The first-order valence-electron chi connectivity index (χ1n) is 12.4. The van der Waals surface area contributed by atoms with Crippen molar-refractivity contribution in [3.05, 3.63) is 63.7 Å². The van der Waals surface area contributed by atoms with Crippen LogP contribution in [0.25, 0.3) is 0 Å². The fourth-order valence-corrected chi connectivity index (χ4v) is 6.44. The number of fused-ring (bicyclic) bond motifs is 1. The van der Waals surface area contributed by atoms with Crippen LogP contribution < -0.4 is 4.72 Å². The molecule has 0 aliphatic carbocycles. The number of piperidine rings is 1. The molecule has 0 radical (unpaired) electrons.